The predicted octanol–water partition coefficient (Wildman–Crippen LogP) is 3.33. The highest BCUT2D eigenvalue weighted by Gasteiger charge is 2.19. The summed E-state index contributed by atoms with van der Waals surface area (Å²) in [6.07, 6.45) is 1.70. The Balaban J connectivity index is 1.75. The van der Waals surface area contributed by atoms with Crippen LogP contribution in [0.2, 0.25) is 0 Å². The van der Waals surface area contributed by atoms with Crippen LogP contribution in [0.1, 0.15) is 12.8 Å². The molecule has 0 fully saturated rings. The minimum Gasteiger partial charge on any atom is -0.492 e. The standard InChI is InChI=1S/C19H22BrFN2O4S/c1-28(25,26)23(18-6-3-2-5-17(18)20)13-4-7-19(24)22-12-14-27-16-10-8-15(21)9-11-16/h2-3,5-6,8-11H,4,7,12-14H2,1H3,(H,22,24). The van der Waals surface area contributed by atoms with E-state index in [1.807, 2.05) is 0 Å². The number of halogens is 2. The first-order valence-corrected chi connectivity index (χ1v) is 11.3. The van der Waals surface area contributed by atoms with Crippen LogP contribution in [0.15, 0.2) is 53.0 Å². The fourth-order valence-electron chi connectivity index (χ4n) is 2.48. The third-order valence-electron chi connectivity index (χ3n) is 3.79. The summed E-state index contributed by atoms with van der Waals surface area (Å²) in [5.41, 5.74) is 0.540. The van der Waals surface area contributed by atoms with E-state index in [0.29, 0.717) is 28.9 Å². The maximum atomic E-state index is 12.8. The molecule has 2 aromatic carbocycles. The first kappa shape index (κ1) is 22.2. The number of carbonyl (C=O) groups excluding carboxylic acids is 1. The van der Waals surface area contributed by atoms with E-state index >= 15 is 0 Å². The second-order valence-electron chi connectivity index (χ2n) is 6.04. The smallest absolute Gasteiger partial charge is 0.232 e. The second-order valence-corrected chi connectivity index (χ2v) is 8.80. The van der Waals surface area contributed by atoms with Crippen LogP contribution in [0.25, 0.3) is 0 Å². The molecule has 1 amide bonds. The number of amides is 1. The molecule has 0 saturated carbocycles. The molecule has 0 heterocycles. The van der Waals surface area contributed by atoms with Gasteiger partial charge >= 0.3 is 0 Å². The number of sulfonamides is 1. The van der Waals surface area contributed by atoms with Crippen molar-refractivity contribution in [2.75, 3.05) is 30.3 Å². The molecule has 1 N–H and O–H groups in total. The van der Waals surface area contributed by atoms with E-state index in [1.165, 1.54) is 28.6 Å². The lowest BCUT2D eigenvalue weighted by Gasteiger charge is -2.23. The minimum atomic E-state index is -3.47. The van der Waals surface area contributed by atoms with E-state index in [4.69, 9.17) is 4.74 Å². The van der Waals surface area contributed by atoms with Gasteiger partial charge in [0, 0.05) is 17.4 Å². The number of carbonyl (C=O) groups is 1. The van der Waals surface area contributed by atoms with Gasteiger partial charge in [-0.15, -0.1) is 0 Å². The molecule has 0 aliphatic heterocycles. The molecule has 0 atom stereocenters. The summed E-state index contributed by atoms with van der Waals surface area (Å²) < 4.78 is 44.3. The monoisotopic (exact) mass is 472 g/mol. The third kappa shape index (κ3) is 7.12. The van der Waals surface area contributed by atoms with Gasteiger partial charge in [0.25, 0.3) is 0 Å². The number of nitrogens with zero attached hydrogens (tertiary/aromatic N) is 1. The molecule has 6 nitrogen and oxygen atoms in total. The fourth-order valence-corrected chi connectivity index (χ4v) is 4.07. The summed E-state index contributed by atoms with van der Waals surface area (Å²) in [5.74, 6) is -0.0116. The van der Waals surface area contributed by atoms with Crippen molar-refractivity contribution in [2.24, 2.45) is 0 Å². The van der Waals surface area contributed by atoms with E-state index in [1.54, 1.807) is 24.3 Å². The molecule has 2 rings (SSSR count). The first-order chi connectivity index (χ1) is 13.3. The molecule has 0 spiro atoms. The number of hydrogen-bond acceptors (Lipinski definition) is 4. The molecular formula is C19H22BrFN2O4S. The Morgan fingerprint density at radius 3 is 2.50 bits per heavy atom. The largest absolute Gasteiger partial charge is 0.492 e. The maximum Gasteiger partial charge on any atom is 0.232 e. The van der Waals surface area contributed by atoms with Crippen LogP contribution in [0, 0.1) is 5.82 Å². The van der Waals surface area contributed by atoms with E-state index in [-0.39, 0.29) is 31.3 Å². The molecule has 152 valence electrons. The van der Waals surface area contributed by atoms with Crippen molar-refractivity contribution in [3.05, 3.63) is 58.8 Å². The van der Waals surface area contributed by atoms with Crippen LogP contribution in [0.5, 0.6) is 5.75 Å². The molecule has 0 saturated heterocycles. The van der Waals surface area contributed by atoms with Crippen LogP contribution >= 0.6 is 15.9 Å². The molecule has 28 heavy (non-hydrogen) atoms. The average molecular weight is 473 g/mol. The van der Waals surface area contributed by atoms with Gasteiger partial charge in [-0.1, -0.05) is 12.1 Å². The molecule has 0 unspecified atom stereocenters. The second kappa shape index (κ2) is 10.4. The zero-order valence-corrected chi connectivity index (χ0v) is 17.8. The Bertz CT molecular complexity index is 891. The van der Waals surface area contributed by atoms with Crippen LogP contribution in [-0.2, 0) is 14.8 Å². The van der Waals surface area contributed by atoms with Crippen molar-refractivity contribution in [3.8, 4) is 5.75 Å². The molecule has 2 aromatic rings. The lowest BCUT2D eigenvalue weighted by molar-refractivity contribution is -0.121. The van der Waals surface area contributed by atoms with Crippen LogP contribution < -0.4 is 14.4 Å². The van der Waals surface area contributed by atoms with Gasteiger partial charge in [-0.2, -0.15) is 0 Å². The number of anilines is 1. The summed E-state index contributed by atoms with van der Waals surface area (Å²) in [7, 11) is -3.47. The highest BCUT2D eigenvalue weighted by atomic mass is 79.9. The SMILES string of the molecule is CS(=O)(=O)N(CCCC(=O)NCCOc1ccc(F)cc1)c1ccccc1Br. The number of hydrogen-bond donors (Lipinski definition) is 1. The Labute approximate surface area is 172 Å². The quantitative estimate of drug-likeness (QED) is 0.538. The molecular weight excluding hydrogens is 451 g/mol. The Morgan fingerprint density at radius 1 is 1.18 bits per heavy atom. The van der Waals surface area contributed by atoms with Crippen molar-refractivity contribution in [3.63, 3.8) is 0 Å². The molecule has 0 bridgehead atoms. The summed E-state index contributed by atoms with van der Waals surface area (Å²) in [6, 6.07) is 12.7. The Kier molecular flexibility index (Phi) is 8.25. The van der Waals surface area contributed by atoms with E-state index < -0.39 is 10.0 Å². The highest BCUT2D eigenvalue weighted by Crippen LogP contribution is 2.27. The number of nitrogens with one attached hydrogen (secondary N) is 1. The van der Waals surface area contributed by atoms with Gasteiger partial charge in [0.1, 0.15) is 18.2 Å². The Hall–Kier alpha value is -2.13. The zero-order chi connectivity index (χ0) is 20.6. The number of rotatable bonds is 10. The number of benzene rings is 2. The van der Waals surface area contributed by atoms with Gasteiger partial charge in [-0.05, 0) is 58.7 Å². The van der Waals surface area contributed by atoms with Gasteiger partial charge in [-0.3, -0.25) is 9.10 Å². The summed E-state index contributed by atoms with van der Waals surface area (Å²) in [4.78, 5) is 11.9. The topological polar surface area (TPSA) is 75.7 Å². The van der Waals surface area contributed by atoms with Crippen molar-refractivity contribution in [1.82, 2.24) is 5.32 Å². The molecule has 0 aliphatic carbocycles. The number of para-hydroxylation sites is 1. The fraction of sp³-hybridized carbons (Fsp3) is 0.316. The lowest BCUT2D eigenvalue weighted by Crippen LogP contribution is -2.33. The Morgan fingerprint density at radius 2 is 1.86 bits per heavy atom. The van der Waals surface area contributed by atoms with E-state index in [2.05, 4.69) is 21.2 Å². The van der Waals surface area contributed by atoms with Crippen LogP contribution in [-0.4, -0.2) is 40.3 Å². The molecule has 0 radical (unpaired) electrons. The summed E-state index contributed by atoms with van der Waals surface area (Å²) in [5, 5.41) is 2.71. The maximum absolute atomic E-state index is 12.8. The minimum absolute atomic E-state index is 0.188. The summed E-state index contributed by atoms with van der Waals surface area (Å²) in [6.45, 7) is 0.751. The average Bonchev–Trinajstić information content (AvgIpc) is 2.64. The first-order valence-electron chi connectivity index (χ1n) is 8.64. The van der Waals surface area contributed by atoms with Crippen molar-refractivity contribution < 1.29 is 22.3 Å². The van der Waals surface area contributed by atoms with Crippen molar-refractivity contribution in [2.45, 2.75) is 12.8 Å². The zero-order valence-electron chi connectivity index (χ0n) is 15.4. The molecule has 9 heteroatoms. The van der Waals surface area contributed by atoms with E-state index in [0.717, 1.165) is 6.26 Å². The van der Waals surface area contributed by atoms with Crippen molar-refractivity contribution in [1.29, 1.82) is 0 Å². The van der Waals surface area contributed by atoms with Gasteiger partial charge < -0.3 is 10.1 Å². The van der Waals surface area contributed by atoms with Gasteiger partial charge in [0.15, 0.2) is 0 Å². The molecule has 0 aromatic heterocycles. The molecule has 0 aliphatic rings. The third-order valence-corrected chi connectivity index (χ3v) is 5.64. The lowest BCUT2D eigenvalue weighted by atomic mass is 10.2. The van der Waals surface area contributed by atoms with Gasteiger partial charge in [0.05, 0.1) is 18.5 Å². The highest BCUT2D eigenvalue weighted by molar-refractivity contribution is 9.10. The number of ether oxygens (including phenoxy) is 1. The van der Waals surface area contributed by atoms with Crippen LogP contribution in [0.3, 0.4) is 0 Å². The predicted molar refractivity (Wildman–Crippen MR) is 110 cm³/mol. The van der Waals surface area contributed by atoms with E-state index in [9.17, 15) is 17.6 Å². The van der Waals surface area contributed by atoms with Gasteiger partial charge in [-0.25, -0.2) is 12.8 Å². The van der Waals surface area contributed by atoms with Gasteiger partial charge in [0.2, 0.25) is 15.9 Å². The van der Waals surface area contributed by atoms with Crippen molar-refractivity contribution >= 4 is 37.5 Å². The van der Waals surface area contributed by atoms with Crippen LogP contribution in [0.4, 0.5) is 10.1 Å². The summed E-state index contributed by atoms with van der Waals surface area (Å²) >= 11 is 3.36. The normalized spacial score (nSPS) is 11.1.